The largest absolute Gasteiger partial charge is 0.496 e. The van der Waals surface area contributed by atoms with Gasteiger partial charge < -0.3 is 20.3 Å². The molecule has 0 saturated heterocycles. The summed E-state index contributed by atoms with van der Waals surface area (Å²) in [7, 11) is 1.47. The average molecular weight is 302 g/mol. The maximum Gasteiger partial charge on any atom is 0.326 e. The lowest BCUT2D eigenvalue weighted by Crippen LogP contribution is -2.42. The average Bonchev–Trinajstić information content (AvgIpc) is 2.38. The van der Waals surface area contributed by atoms with Gasteiger partial charge in [0.25, 0.3) is 0 Å². The monoisotopic (exact) mass is 301 g/mol. The molecule has 0 aliphatic carbocycles. The fraction of sp³-hybridized carbons (Fsp3) is 0.385. The van der Waals surface area contributed by atoms with Gasteiger partial charge in [-0.2, -0.15) is 0 Å². The number of aliphatic hydroxyl groups excluding tert-OH is 1. The molecule has 1 amide bonds. The van der Waals surface area contributed by atoms with E-state index in [1.54, 1.807) is 18.2 Å². The molecule has 3 N–H and O–H groups in total. The van der Waals surface area contributed by atoms with Crippen LogP contribution in [0.3, 0.4) is 0 Å². The number of benzene rings is 1. The number of nitrogens with one attached hydrogen (secondary N) is 1. The minimum absolute atomic E-state index is 0.0479. The van der Waals surface area contributed by atoms with Gasteiger partial charge in [0.2, 0.25) is 5.91 Å². The second kappa shape index (κ2) is 7.72. The van der Waals surface area contributed by atoms with E-state index in [9.17, 15) is 9.59 Å². The Labute approximate surface area is 121 Å². The van der Waals surface area contributed by atoms with E-state index in [1.807, 2.05) is 0 Å². The number of rotatable bonds is 7. The molecule has 0 aliphatic heterocycles. The van der Waals surface area contributed by atoms with Crippen LogP contribution in [-0.2, 0) is 16.0 Å². The first-order chi connectivity index (χ1) is 9.47. The highest BCUT2D eigenvalue weighted by Gasteiger charge is 2.20. The minimum Gasteiger partial charge on any atom is -0.496 e. The van der Waals surface area contributed by atoms with Gasteiger partial charge in [-0.25, -0.2) is 4.79 Å². The van der Waals surface area contributed by atoms with E-state index < -0.39 is 17.9 Å². The third kappa shape index (κ3) is 4.71. The normalized spacial score (nSPS) is 11.8. The van der Waals surface area contributed by atoms with Crippen LogP contribution in [0.1, 0.15) is 12.0 Å². The molecule has 0 aromatic heterocycles. The van der Waals surface area contributed by atoms with Crippen molar-refractivity contribution in [3.8, 4) is 5.75 Å². The molecular weight excluding hydrogens is 286 g/mol. The minimum atomic E-state index is -1.19. The number of methoxy groups -OCH3 is 1. The Morgan fingerprint density at radius 2 is 2.15 bits per heavy atom. The number of carbonyl (C=O) groups is 2. The predicted molar refractivity (Wildman–Crippen MR) is 73.0 cm³/mol. The van der Waals surface area contributed by atoms with Crippen LogP contribution < -0.4 is 10.1 Å². The van der Waals surface area contributed by atoms with Crippen molar-refractivity contribution in [2.75, 3.05) is 13.7 Å². The molecule has 0 aliphatic rings. The van der Waals surface area contributed by atoms with Gasteiger partial charge in [-0.15, -0.1) is 0 Å². The van der Waals surface area contributed by atoms with E-state index in [1.165, 1.54) is 7.11 Å². The smallest absolute Gasteiger partial charge is 0.326 e. The van der Waals surface area contributed by atoms with Gasteiger partial charge in [0.05, 0.1) is 13.5 Å². The summed E-state index contributed by atoms with van der Waals surface area (Å²) in [5.41, 5.74) is 0.561. The summed E-state index contributed by atoms with van der Waals surface area (Å²) in [5, 5.41) is 20.4. The molecule has 7 heteroatoms. The van der Waals surface area contributed by atoms with E-state index in [0.717, 1.165) is 0 Å². The number of aliphatic hydroxyl groups is 1. The number of halogens is 1. The zero-order chi connectivity index (χ0) is 15.1. The summed E-state index contributed by atoms with van der Waals surface area (Å²) in [5.74, 6) is -1.17. The summed E-state index contributed by atoms with van der Waals surface area (Å²) < 4.78 is 5.11. The summed E-state index contributed by atoms with van der Waals surface area (Å²) in [6.45, 7) is -0.322. The van der Waals surface area contributed by atoms with Crippen LogP contribution in [0, 0.1) is 0 Å². The van der Waals surface area contributed by atoms with Crippen LogP contribution in [0.15, 0.2) is 18.2 Å². The van der Waals surface area contributed by atoms with Crippen molar-refractivity contribution in [2.45, 2.75) is 18.9 Å². The van der Waals surface area contributed by atoms with E-state index >= 15 is 0 Å². The molecule has 1 rings (SSSR count). The highest BCUT2D eigenvalue weighted by atomic mass is 35.5. The molecule has 0 unspecified atom stereocenters. The number of carbonyl (C=O) groups excluding carboxylic acids is 1. The Hall–Kier alpha value is -1.79. The van der Waals surface area contributed by atoms with Crippen LogP contribution in [0.5, 0.6) is 5.75 Å². The first-order valence-corrected chi connectivity index (χ1v) is 6.31. The van der Waals surface area contributed by atoms with Crippen molar-refractivity contribution in [1.82, 2.24) is 5.32 Å². The van der Waals surface area contributed by atoms with Gasteiger partial charge in [0.1, 0.15) is 11.8 Å². The number of carboxylic acids is 1. The SMILES string of the molecule is COc1ccc(Cl)cc1CC(=O)N[C@H](CCO)C(=O)O. The molecule has 0 bridgehead atoms. The molecule has 1 aromatic rings. The second-order valence-corrected chi connectivity index (χ2v) is 4.54. The number of ether oxygens (including phenoxy) is 1. The maximum absolute atomic E-state index is 11.8. The van der Waals surface area contributed by atoms with Gasteiger partial charge in [-0.3, -0.25) is 4.79 Å². The summed E-state index contributed by atoms with van der Waals surface area (Å²) in [6.07, 6.45) is -0.104. The molecule has 20 heavy (non-hydrogen) atoms. The van der Waals surface area contributed by atoms with E-state index in [4.69, 9.17) is 26.6 Å². The summed E-state index contributed by atoms with van der Waals surface area (Å²) in [6, 6.07) is 3.74. The number of aliphatic carboxylic acids is 1. The molecule has 0 radical (unpaired) electrons. The third-order valence-electron chi connectivity index (χ3n) is 2.64. The van der Waals surface area contributed by atoms with Crippen molar-refractivity contribution in [3.05, 3.63) is 28.8 Å². The molecule has 1 atom stereocenters. The molecule has 6 nitrogen and oxygen atoms in total. The zero-order valence-corrected chi connectivity index (χ0v) is 11.7. The van der Waals surface area contributed by atoms with Crippen molar-refractivity contribution < 1.29 is 24.5 Å². The second-order valence-electron chi connectivity index (χ2n) is 4.10. The lowest BCUT2D eigenvalue weighted by Gasteiger charge is -2.14. The van der Waals surface area contributed by atoms with Gasteiger partial charge in [0.15, 0.2) is 0 Å². The number of carboxylic acid groups (broad SMARTS) is 1. The molecule has 1 aromatic carbocycles. The summed E-state index contributed by atoms with van der Waals surface area (Å²) in [4.78, 5) is 22.7. The standard InChI is InChI=1S/C13H16ClNO5/c1-20-11-3-2-9(14)6-8(11)7-12(17)15-10(4-5-16)13(18)19/h2-3,6,10,16H,4-5,7H2,1H3,(H,15,17)(H,18,19)/t10-/m1/s1. The van der Waals surface area contributed by atoms with E-state index in [2.05, 4.69) is 5.32 Å². The van der Waals surface area contributed by atoms with E-state index in [-0.39, 0.29) is 19.4 Å². The molecule has 0 saturated carbocycles. The third-order valence-corrected chi connectivity index (χ3v) is 2.88. The Balaban J connectivity index is 2.75. The van der Waals surface area contributed by atoms with Crippen molar-refractivity contribution in [1.29, 1.82) is 0 Å². The number of amides is 1. The Bertz CT molecular complexity index is 492. The first-order valence-electron chi connectivity index (χ1n) is 5.93. The lowest BCUT2D eigenvalue weighted by atomic mass is 10.1. The van der Waals surface area contributed by atoms with Crippen molar-refractivity contribution in [3.63, 3.8) is 0 Å². The maximum atomic E-state index is 11.8. The molecular formula is C13H16ClNO5. The van der Waals surface area contributed by atoms with Gasteiger partial charge in [0, 0.05) is 23.6 Å². The predicted octanol–water partition coefficient (Wildman–Crippen LogP) is 0.843. The van der Waals surface area contributed by atoms with Gasteiger partial charge >= 0.3 is 5.97 Å². The van der Waals surface area contributed by atoms with Gasteiger partial charge in [-0.1, -0.05) is 11.6 Å². The molecule has 0 spiro atoms. The first kappa shape index (κ1) is 16.3. The number of hydrogen-bond donors (Lipinski definition) is 3. The van der Waals surface area contributed by atoms with Crippen LogP contribution in [0.4, 0.5) is 0 Å². The fourth-order valence-corrected chi connectivity index (χ4v) is 1.88. The Morgan fingerprint density at radius 3 is 2.70 bits per heavy atom. The van der Waals surface area contributed by atoms with Crippen LogP contribution in [0.2, 0.25) is 5.02 Å². The van der Waals surface area contributed by atoms with Crippen LogP contribution in [0.25, 0.3) is 0 Å². The molecule has 0 fully saturated rings. The van der Waals surface area contributed by atoms with Crippen LogP contribution in [-0.4, -0.2) is 41.8 Å². The van der Waals surface area contributed by atoms with Crippen molar-refractivity contribution >= 4 is 23.5 Å². The number of hydrogen-bond acceptors (Lipinski definition) is 4. The Morgan fingerprint density at radius 1 is 1.45 bits per heavy atom. The zero-order valence-electron chi connectivity index (χ0n) is 10.9. The lowest BCUT2D eigenvalue weighted by molar-refractivity contribution is -0.142. The Kier molecular flexibility index (Phi) is 6.27. The molecule has 110 valence electrons. The van der Waals surface area contributed by atoms with Crippen LogP contribution >= 0.6 is 11.6 Å². The van der Waals surface area contributed by atoms with Gasteiger partial charge in [-0.05, 0) is 18.2 Å². The highest BCUT2D eigenvalue weighted by Crippen LogP contribution is 2.23. The van der Waals surface area contributed by atoms with Crippen molar-refractivity contribution in [2.24, 2.45) is 0 Å². The van der Waals surface area contributed by atoms with E-state index in [0.29, 0.717) is 16.3 Å². The summed E-state index contributed by atoms with van der Waals surface area (Å²) >= 11 is 5.85. The molecule has 0 heterocycles. The topological polar surface area (TPSA) is 95.9 Å². The fourth-order valence-electron chi connectivity index (χ4n) is 1.69. The highest BCUT2D eigenvalue weighted by molar-refractivity contribution is 6.30. The quantitative estimate of drug-likeness (QED) is 0.693.